The second kappa shape index (κ2) is 23.2. The summed E-state index contributed by atoms with van der Waals surface area (Å²) in [5.41, 5.74) is 7.43. The number of hydrogen-bond donors (Lipinski definition) is 2. The Morgan fingerprint density at radius 3 is 2.06 bits per heavy atom. The Bertz CT molecular complexity index is 1460. The van der Waals surface area contributed by atoms with Crippen molar-refractivity contribution in [3.8, 4) is 0 Å². The molecule has 3 N–H and O–H groups in total. The number of rotatable bonds is 25. The van der Waals surface area contributed by atoms with Gasteiger partial charge in [-0.2, -0.15) is 0 Å². The van der Waals surface area contributed by atoms with Crippen LogP contribution in [0, 0.1) is 0 Å². The topological polar surface area (TPSA) is 132 Å². The van der Waals surface area contributed by atoms with Crippen LogP contribution in [-0.2, 0) is 25.7 Å². The molecular weight excluding hydrogens is 628 g/mol. The van der Waals surface area contributed by atoms with Gasteiger partial charge in [0, 0.05) is 30.8 Å². The van der Waals surface area contributed by atoms with Gasteiger partial charge >= 0.3 is 5.97 Å². The highest BCUT2D eigenvalue weighted by atomic mass is 16.5. The third-order valence-corrected chi connectivity index (χ3v) is 9.19. The lowest BCUT2D eigenvalue weighted by Gasteiger charge is -2.33. The Balaban J connectivity index is 1.63. The third kappa shape index (κ3) is 14.7. The average molecular weight is 687 g/mol. The molecule has 3 aromatic rings. The molecule has 9 nitrogen and oxygen atoms in total. The molecule has 0 aliphatic rings. The van der Waals surface area contributed by atoms with Gasteiger partial charge in [-0.05, 0) is 43.9 Å². The molecule has 3 rings (SSSR count). The van der Waals surface area contributed by atoms with Crippen molar-refractivity contribution in [2.45, 2.75) is 135 Å². The molecule has 0 unspecified atom stereocenters. The number of nitrogens with two attached hydrogens (primary N) is 1. The van der Waals surface area contributed by atoms with Crippen molar-refractivity contribution >= 4 is 34.6 Å². The number of benzene rings is 2. The van der Waals surface area contributed by atoms with Crippen molar-refractivity contribution in [3.63, 3.8) is 0 Å². The standard InChI is InChI=1S/C41H58N4O5/c1-3-5-6-7-8-9-10-11-12-13-17-24-34(30-38(42)46)45(4-2)41(49)37(26-20-27-39(47)50-31-32-21-15-14-16-22-32)44-40(48)36-29-28-33-23-18-19-25-35(33)43-36/h14-16,18-19,21-23,25,28-29,34,37H,3-13,17,20,24,26-27,30-31H2,1-2H3,(H2,42,46)(H,44,48)/t34-,37-/m0/s1. The molecule has 0 saturated carbocycles. The Kier molecular flexibility index (Phi) is 18.6. The van der Waals surface area contributed by atoms with Gasteiger partial charge < -0.3 is 20.7 Å². The summed E-state index contributed by atoms with van der Waals surface area (Å²) in [6, 6.07) is 19.1. The summed E-state index contributed by atoms with van der Waals surface area (Å²) < 4.78 is 5.43. The molecular formula is C41H58N4O5. The highest BCUT2D eigenvalue weighted by molar-refractivity contribution is 5.98. The molecule has 0 saturated heterocycles. The quantitative estimate of drug-likeness (QED) is 0.0685. The van der Waals surface area contributed by atoms with Crippen LogP contribution in [0.25, 0.3) is 10.9 Å². The number of hydrogen-bond acceptors (Lipinski definition) is 6. The van der Waals surface area contributed by atoms with E-state index in [1.165, 1.54) is 51.4 Å². The number of para-hydroxylation sites is 1. The van der Waals surface area contributed by atoms with E-state index < -0.39 is 17.9 Å². The molecule has 1 heterocycles. The van der Waals surface area contributed by atoms with E-state index in [4.69, 9.17) is 10.5 Å². The van der Waals surface area contributed by atoms with Crippen molar-refractivity contribution in [2.75, 3.05) is 6.54 Å². The van der Waals surface area contributed by atoms with Crippen molar-refractivity contribution in [3.05, 3.63) is 78.0 Å². The van der Waals surface area contributed by atoms with E-state index in [-0.39, 0.29) is 49.5 Å². The number of aromatic nitrogens is 1. The first-order valence-electron chi connectivity index (χ1n) is 18.8. The zero-order chi connectivity index (χ0) is 36.0. The maximum Gasteiger partial charge on any atom is 0.306 e. The van der Waals surface area contributed by atoms with Gasteiger partial charge in [0.1, 0.15) is 18.3 Å². The van der Waals surface area contributed by atoms with Gasteiger partial charge in [-0.25, -0.2) is 4.98 Å². The first-order valence-corrected chi connectivity index (χ1v) is 18.8. The lowest BCUT2D eigenvalue weighted by atomic mass is 9.99. The van der Waals surface area contributed by atoms with Crippen LogP contribution in [-0.4, -0.2) is 52.2 Å². The molecule has 50 heavy (non-hydrogen) atoms. The van der Waals surface area contributed by atoms with Crippen LogP contribution >= 0.6 is 0 Å². The van der Waals surface area contributed by atoms with E-state index >= 15 is 0 Å². The van der Waals surface area contributed by atoms with Crippen LogP contribution in [0.4, 0.5) is 0 Å². The molecule has 0 aliphatic heterocycles. The van der Waals surface area contributed by atoms with Crippen LogP contribution in [0.3, 0.4) is 0 Å². The van der Waals surface area contributed by atoms with Crippen molar-refractivity contribution in [1.82, 2.24) is 15.2 Å². The fourth-order valence-corrected chi connectivity index (χ4v) is 6.38. The monoisotopic (exact) mass is 686 g/mol. The first-order chi connectivity index (χ1) is 24.3. The number of esters is 1. The molecule has 0 fully saturated rings. The molecule has 0 aliphatic carbocycles. The summed E-state index contributed by atoms with van der Waals surface area (Å²) in [7, 11) is 0. The number of carbonyl (C=O) groups excluding carboxylic acids is 4. The molecule has 3 amide bonds. The molecule has 9 heteroatoms. The van der Waals surface area contributed by atoms with Gasteiger partial charge in [-0.15, -0.1) is 0 Å². The second-order valence-corrected chi connectivity index (χ2v) is 13.2. The summed E-state index contributed by atoms with van der Waals surface area (Å²) in [5.74, 6) is -1.62. The summed E-state index contributed by atoms with van der Waals surface area (Å²) in [5, 5.41) is 3.81. The number of fused-ring (bicyclic) bond motifs is 1. The third-order valence-electron chi connectivity index (χ3n) is 9.19. The van der Waals surface area contributed by atoms with E-state index in [2.05, 4.69) is 17.2 Å². The summed E-state index contributed by atoms with van der Waals surface area (Å²) in [6.07, 6.45) is 14.6. The minimum Gasteiger partial charge on any atom is -0.461 e. The summed E-state index contributed by atoms with van der Waals surface area (Å²) >= 11 is 0. The smallest absolute Gasteiger partial charge is 0.306 e. The lowest BCUT2D eigenvalue weighted by molar-refractivity contribution is -0.145. The normalized spacial score (nSPS) is 12.3. The number of nitrogens with one attached hydrogen (secondary N) is 1. The number of pyridine rings is 1. The summed E-state index contributed by atoms with van der Waals surface area (Å²) in [6.45, 7) is 4.63. The average Bonchev–Trinajstić information content (AvgIpc) is 3.12. The van der Waals surface area contributed by atoms with Gasteiger partial charge in [-0.1, -0.05) is 132 Å². The lowest BCUT2D eigenvalue weighted by Crippen LogP contribution is -2.52. The van der Waals surface area contributed by atoms with Crippen molar-refractivity contribution in [1.29, 1.82) is 0 Å². The van der Waals surface area contributed by atoms with Gasteiger partial charge in [0.2, 0.25) is 11.8 Å². The van der Waals surface area contributed by atoms with Crippen molar-refractivity contribution in [2.24, 2.45) is 5.73 Å². The number of ether oxygens (including phenoxy) is 1. The van der Waals surface area contributed by atoms with E-state index in [9.17, 15) is 19.2 Å². The summed E-state index contributed by atoms with van der Waals surface area (Å²) in [4.78, 5) is 58.6. The van der Waals surface area contributed by atoms with Crippen LogP contribution in [0.5, 0.6) is 0 Å². The van der Waals surface area contributed by atoms with Crippen LogP contribution in [0.2, 0.25) is 0 Å². The van der Waals surface area contributed by atoms with Gasteiger partial charge in [-0.3, -0.25) is 19.2 Å². The molecule has 0 spiro atoms. The number of carbonyl (C=O) groups is 4. The molecule has 272 valence electrons. The molecule has 0 bridgehead atoms. The van der Waals surface area contributed by atoms with E-state index in [1.54, 1.807) is 11.0 Å². The molecule has 1 aromatic heterocycles. The largest absolute Gasteiger partial charge is 0.461 e. The predicted octanol–water partition coefficient (Wildman–Crippen LogP) is 8.04. The number of nitrogens with zero attached hydrogens (tertiary/aromatic N) is 2. The fraction of sp³-hybridized carbons (Fsp3) is 0.537. The van der Waals surface area contributed by atoms with Gasteiger partial charge in [0.15, 0.2) is 0 Å². The number of unbranched alkanes of at least 4 members (excludes halogenated alkanes) is 10. The van der Waals surface area contributed by atoms with Crippen LogP contribution in [0.15, 0.2) is 66.7 Å². The maximum atomic E-state index is 14.2. The highest BCUT2D eigenvalue weighted by Crippen LogP contribution is 2.19. The Labute approximate surface area is 298 Å². The maximum absolute atomic E-state index is 14.2. The van der Waals surface area contributed by atoms with E-state index in [0.29, 0.717) is 24.9 Å². The van der Waals surface area contributed by atoms with E-state index in [0.717, 1.165) is 30.2 Å². The second-order valence-electron chi connectivity index (χ2n) is 13.2. The first kappa shape index (κ1) is 40.2. The molecule has 2 aromatic carbocycles. The Morgan fingerprint density at radius 1 is 0.760 bits per heavy atom. The minimum absolute atomic E-state index is 0.0516. The number of likely N-dealkylation sites (N-methyl/N-ethyl adjacent to an activating group) is 1. The predicted molar refractivity (Wildman–Crippen MR) is 199 cm³/mol. The Hall–Kier alpha value is -4.27. The number of primary amides is 1. The SMILES string of the molecule is CCCCCCCCCCCCC[C@@H](CC(N)=O)N(CC)C(=O)[C@H](CCCC(=O)OCc1ccccc1)NC(=O)c1ccc2ccccc2n1. The molecule has 2 atom stereocenters. The number of amides is 3. The Morgan fingerprint density at radius 2 is 1.40 bits per heavy atom. The van der Waals surface area contributed by atoms with Crippen LogP contribution < -0.4 is 11.1 Å². The van der Waals surface area contributed by atoms with Crippen molar-refractivity contribution < 1.29 is 23.9 Å². The highest BCUT2D eigenvalue weighted by Gasteiger charge is 2.31. The minimum atomic E-state index is -0.926. The zero-order valence-corrected chi connectivity index (χ0v) is 30.2. The molecule has 0 radical (unpaired) electrons. The zero-order valence-electron chi connectivity index (χ0n) is 30.2. The van der Waals surface area contributed by atoms with E-state index in [1.807, 2.05) is 67.6 Å². The fourth-order valence-electron chi connectivity index (χ4n) is 6.38. The van der Waals surface area contributed by atoms with Gasteiger partial charge in [0.05, 0.1) is 5.52 Å². The van der Waals surface area contributed by atoms with Gasteiger partial charge in [0.25, 0.3) is 5.91 Å². The van der Waals surface area contributed by atoms with Crippen LogP contribution in [0.1, 0.15) is 133 Å².